The Balaban J connectivity index is 1.35. The van der Waals surface area contributed by atoms with Crippen LogP contribution in [0.25, 0.3) is 11.1 Å². The summed E-state index contributed by atoms with van der Waals surface area (Å²) < 4.78 is 21.2. The summed E-state index contributed by atoms with van der Waals surface area (Å²) in [6.45, 7) is 8.23. The summed E-state index contributed by atoms with van der Waals surface area (Å²) >= 11 is 0. The number of carboxylic acids is 1. The maximum absolute atomic E-state index is 15.3. The van der Waals surface area contributed by atoms with Crippen LogP contribution >= 0.6 is 0 Å². The Morgan fingerprint density at radius 3 is 1.93 bits per heavy atom. The quantitative estimate of drug-likeness (QED) is 0.0212. The van der Waals surface area contributed by atoms with Crippen molar-refractivity contribution in [1.29, 1.82) is 0 Å². The van der Waals surface area contributed by atoms with Crippen LogP contribution in [0, 0.1) is 19.7 Å². The van der Waals surface area contributed by atoms with Crippen LogP contribution in [0.15, 0.2) is 90.0 Å². The number of nitrogens with one attached hydrogen (secondary N) is 11. The average Bonchev–Trinajstić information content (AvgIpc) is 1.28. The first kappa shape index (κ1) is 77.0. The number of aliphatic carboxylic acids is 1. The van der Waals surface area contributed by atoms with Gasteiger partial charge in [0.25, 0.3) is 0 Å². The molecule has 4 aromatic carbocycles. The normalized spacial score (nSPS) is 15.2. The van der Waals surface area contributed by atoms with Crippen molar-refractivity contribution in [2.24, 2.45) is 22.3 Å². The first-order chi connectivity index (χ1) is 45.5. The van der Waals surface area contributed by atoms with Crippen molar-refractivity contribution in [2.45, 2.75) is 166 Å². The van der Waals surface area contributed by atoms with Gasteiger partial charge in [0.15, 0.2) is 0 Å². The van der Waals surface area contributed by atoms with Crippen molar-refractivity contribution in [2.75, 3.05) is 26.3 Å². The first-order valence-corrected chi connectivity index (χ1v) is 31.4. The Morgan fingerprint density at radius 1 is 0.698 bits per heavy atom. The number of hydrogen-bond donors (Lipinski definition) is 18. The number of rotatable bonds is 39. The first-order valence-electron chi connectivity index (χ1n) is 31.4. The Kier molecular flexibility index (Phi) is 30.0. The van der Waals surface area contributed by atoms with Crippen molar-refractivity contribution in [1.82, 2.24) is 59.0 Å². The highest BCUT2D eigenvalue weighted by atomic mass is 19.1. The smallest absolute Gasteiger partial charge is 0.305 e. The monoisotopic (exact) mass is 1340 g/mol. The summed E-state index contributed by atoms with van der Waals surface area (Å²) in [5, 5.41) is 64.7. The number of aliphatic hydroxyl groups excluding tert-OH is 3. The summed E-state index contributed by atoms with van der Waals surface area (Å²) in [7, 11) is 0. The summed E-state index contributed by atoms with van der Waals surface area (Å²) in [5.74, 6) is -11.5. The van der Waals surface area contributed by atoms with Crippen LogP contribution in [-0.4, -0.2) is 172 Å². The lowest BCUT2D eigenvalue weighted by Crippen LogP contribution is -2.67. The molecule has 31 heteroatoms. The second-order valence-corrected chi connectivity index (χ2v) is 23.7. The second-order valence-electron chi connectivity index (χ2n) is 23.7. The number of aliphatic hydroxyl groups is 3. The zero-order valence-electron chi connectivity index (χ0n) is 54.5. The number of aryl methyl sites for hydroxylation is 4. The number of hydrazone groups is 1. The van der Waals surface area contributed by atoms with E-state index in [1.54, 1.807) is 12.1 Å². The standard InChI is InChI=1S/C65H90FN15O15/c1-7-41-29-44(96-24-11-10-23-67)21-22-45(41)42-19-17-39(18-20-42)28-49(59(90)71-48(57(69)88)16-12-13-40-26-35(2)25-36(3)27-40)72-60(91)50(31-54(86)87)73-61(92)51(34-82)74-62(93)55(37(4)83)76-64(95)65(6,32-43-14-8-9-15-46(43)66)77-63(94)56(38(5)84)75-53(85)33-70-58(89)47(68)30-52-78-80-81-79-52/h8-9,14-15,17-22,25-27,29,37-38,47-51,55-56,80-84H,7,10-13,16,23-24,28,30-34,67-68H2,1-6H3,(H2,69,88)(H,70,89)(H,71,90)(H,72,91)(H,73,92)(H,74,93)(H,75,85)(H,76,95)(H,77,94)(H,78,79)(H,86,87)/t37-,38-,47+,48+,49+,50+,51+,55+,56+,65+/m1/s1. The third-order valence-corrected chi connectivity index (χ3v) is 15.6. The fourth-order valence-corrected chi connectivity index (χ4v) is 10.4. The summed E-state index contributed by atoms with van der Waals surface area (Å²) in [6, 6.07) is 11.9. The number of carboxylic acid groups (broad SMARTS) is 1. The third-order valence-electron chi connectivity index (χ3n) is 15.6. The van der Waals surface area contributed by atoms with E-state index >= 15 is 4.39 Å². The van der Waals surface area contributed by atoms with Crippen LogP contribution in [0.3, 0.4) is 0 Å². The van der Waals surface area contributed by atoms with Crippen molar-refractivity contribution in [3.05, 3.63) is 124 Å². The number of benzene rings is 4. The van der Waals surface area contributed by atoms with Crippen molar-refractivity contribution < 1.29 is 77.5 Å². The van der Waals surface area contributed by atoms with Crippen molar-refractivity contribution in [3.63, 3.8) is 0 Å². The largest absolute Gasteiger partial charge is 0.494 e. The summed E-state index contributed by atoms with van der Waals surface area (Å²) in [6.07, 6.45) is -2.33. The van der Waals surface area contributed by atoms with Crippen LogP contribution in [0.5, 0.6) is 5.75 Å². The minimum Gasteiger partial charge on any atom is -0.494 e. The Bertz CT molecular complexity index is 3390. The average molecular weight is 1340 g/mol. The van der Waals surface area contributed by atoms with E-state index in [0.29, 0.717) is 43.7 Å². The fourth-order valence-electron chi connectivity index (χ4n) is 10.4. The number of nitrogens with zero attached hydrogens (tertiary/aromatic N) is 1. The van der Waals surface area contributed by atoms with Gasteiger partial charge >= 0.3 is 5.97 Å². The highest BCUT2D eigenvalue weighted by molar-refractivity contribution is 6.00. The molecule has 0 fully saturated rings. The van der Waals surface area contributed by atoms with Gasteiger partial charge in [0, 0.05) is 19.3 Å². The van der Waals surface area contributed by atoms with Crippen molar-refractivity contribution in [3.8, 4) is 16.9 Å². The van der Waals surface area contributed by atoms with E-state index in [9.17, 15) is 68.4 Å². The molecule has 1 heterocycles. The minimum atomic E-state index is -2.32. The summed E-state index contributed by atoms with van der Waals surface area (Å²) in [4.78, 5) is 136. The highest BCUT2D eigenvalue weighted by Crippen LogP contribution is 2.29. The fraction of sp³-hybridized carbons (Fsp3) is 0.462. The van der Waals surface area contributed by atoms with Crippen LogP contribution < -0.4 is 81.0 Å². The predicted octanol–water partition coefficient (Wildman–Crippen LogP) is -2.15. The molecule has 1 aliphatic heterocycles. The molecule has 0 aliphatic carbocycles. The molecule has 4 aromatic rings. The van der Waals surface area contributed by atoms with Crippen molar-refractivity contribution >= 4 is 65.0 Å². The van der Waals surface area contributed by atoms with Gasteiger partial charge in [-0.3, -0.25) is 53.4 Å². The third kappa shape index (κ3) is 24.0. The SMILES string of the molecule is CCc1cc(OCCCCN)ccc1-c1ccc(C[C@H](NC(=O)[C@H](CC(=O)O)NC(=O)[C@H](CO)NC(=O)[C@@H](NC(=O)[C@](C)(Cc2ccccc2F)NC(=O)[C@@H](NC(=O)CNC(=O)[C@@H](N)CC2=NNNN2)[C@@H](C)O)[C@@H](C)O)C(=O)N[C@@H](CCCc2cc(C)cc(C)c2)C(N)=O)cc1. The van der Waals surface area contributed by atoms with E-state index in [1.807, 2.05) is 69.3 Å². The lowest BCUT2D eigenvalue weighted by Gasteiger charge is -2.34. The van der Waals surface area contributed by atoms with Crippen LogP contribution in [0.2, 0.25) is 0 Å². The lowest BCUT2D eigenvalue weighted by molar-refractivity contribution is -0.142. The topological polar surface area (TPSA) is 484 Å². The van der Waals surface area contributed by atoms with E-state index in [1.165, 1.54) is 18.2 Å². The summed E-state index contributed by atoms with van der Waals surface area (Å²) in [5.41, 5.74) is 28.6. The molecule has 30 nitrogen and oxygen atoms in total. The zero-order chi connectivity index (χ0) is 70.8. The van der Waals surface area contributed by atoms with Crippen LogP contribution in [-0.2, 0) is 73.6 Å². The predicted molar refractivity (Wildman–Crippen MR) is 350 cm³/mol. The molecule has 5 rings (SSSR count). The number of hydrogen-bond acceptors (Lipinski definition) is 20. The molecule has 21 N–H and O–H groups in total. The highest BCUT2D eigenvalue weighted by Gasteiger charge is 2.42. The van der Waals surface area contributed by atoms with Gasteiger partial charge in [-0.1, -0.05) is 84.8 Å². The molecule has 0 saturated carbocycles. The molecule has 0 aromatic heterocycles. The molecule has 1 aliphatic rings. The van der Waals surface area contributed by atoms with E-state index in [-0.39, 0.29) is 30.7 Å². The van der Waals surface area contributed by atoms with Gasteiger partial charge in [0.2, 0.25) is 53.2 Å². The number of unbranched alkanes of at least 4 members (excludes halogenated alkanes) is 1. The number of halogens is 1. The van der Waals surface area contributed by atoms with Gasteiger partial charge in [-0.25, -0.2) is 9.93 Å². The number of carbonyl (C=O) groups is 10. The molecule has 96 heavy (non-hydrogen) atoms. The van der Waals surface area contributed by atoms with Crippen LogP contribution in [0.4, 0.5) is 4.39 Å². The molecule has 10 atom stereocenters. The molecule has 0 spiro atoms. The number of hydrazine groups is 2. The number of carbonyl (C=O) groups excluding carboxylic acids is 9. The van der Waals surface area contributed by atoms with Gasteiger partial charge in [0.1, 0.15) is 59.2 Å². The van der Waals surface area contributed by atoms with E-state index < -0.39 is 151 Å². The minimum absolute atomic E-state index is 0.0758. The Morgan fingerprint density at radius 2 is 1.32 bits per heavy atom. The number of primary amides is 1. The molecule has 0 saturated heterocycles. The maximum Gasteiger partial charge on any atom is 0.305 e. The number of amidine groups is 1. The molecule has 0 radical (unpaired) electrons. The second kappa shape index (κ2) is 37.4. The number of amides is 9. The molecule has 9 amide bonds. The van der Waals surface area contributed by atoms with Crippen LogP contribution in [0.1, 0.15) is 99.6 Å². The Hall–Kier alpha value is -9.66. The van der Waals surface area contributed by atoms with E-state index in [2.05, 4.69) is 64.1 Å². The molecule has 0 unspecified atom stereocenters. The van der Waals surface area contributed by atoms with Gasteiger partial charge in [0.05, 0.1) is 44.4 Å². The molecular formula is C65H90FN15O15. The van der Waals surface area contributed by atoms with Gasteiger partial charge in [-0.2, -0.15) is 0 Å². The number of nitrogens with two attached hydrogens (primary N) is 3. The zero-order valence-corrected chi connectivity index (χ0v) is 54.5. The van der Waals surface area contributed by atoms with Gasteiger partial charge < -0.3 is 84.9 Å². The molecule has 0 bridgehead atoms. The van der Waals surface area contributed by atoms with E-state index in [4.69, 9.17) is 21.9 Å². The van der Waals surface area contributed by atoms with Gasteiger partial charge in [-0.15, -0.1) is 10.6 Å². The van der Waals surface area contributed by atoms with E-state index in [0.717, 1.165) is 73.1 Å². The number of ether oxygens (including phenoxy) is 1. The molecule has 522 valence electrons. The maximum atomic E-state index is 15.3. The molecular weight excluding hydrogens is 1250 g/mol. The lowest BCUT2D eigenvalue weighted by atomic mass is 9.90. The Labute approximate surface area is 555 Å². The van der Waals surface area contributed by atoms with Gasteiger partial charge in [-0.05, 0) is 131 Å².